The van der Waals surface area contributed by atoms with E-state index in [0.29, 0.717) is 49.4 Å². The molecule has 5 N–H and O–H groups in total. The minimum absolute atomic E-state index is 0.0364. The molecule has 6 rings (SSSR count). The van der Waals surface area contributed by atoms with E-state index in [1.807, 2.05) is 0 Å². The predicted molar refractivity (Wildman–Crippen MR) is 188 cm³/mol. The molecule has 0 heterocycles. The zero-order valence-electron chi connectivity index (χ0n) is 25.9. The Morgan fingerprint density at radius 2 is 1.23 bits per heavy atom. The van der Waals surface area contributed by atoms with E-state index >= 15 is 0 Å². The van der Waals surface area contributed by atoms with Gasteiger partial charge in [0.15, 0.2) is 0 Å². The van der Waals surface area contributed by atoms with Crippen molar-refractivity contribution >= 4 is 89.9 Å². The Balaban J connectivity index is 1.28. The van der Waals surface area contributed by atoms with Gasteiger partial charge in [0.25, 0.3) is 10.1 Å². The second-order valence-corrected chi connectivity index (χ2v) is 13.2. The third-order valence-electron chi connectivity index (χ3n) is 7.11. The highest BCUT2D eigenvalue weighted by atomic mass is 32.2. The highest BCUT2D eigenvalue weighted by Gasteiger charge is 2.15. The lowest BCUT2D eigenvalue weighted by Crippen LogP contribution is -1.97. The van der Waals surface area contributed by atoms with Gasteiger partial charge in [-0.3, -0.25) is 4.55 Å². The van der Waals surface area contributed by atoms with Crippen molar-refractivity contribution in [3.05, 3.63) is 103 Å². The molecule has 0 fully saturated rings. The Kier molecular flexibility index (Phi) is 11.4. The number of phenols is 2. The van der Waals surface area contributed by atoms with Crippen LogP contribution < -0.4 is 0 Å². The molecule has 6 aromatic rings. The Morgan fingerprint density at radius 1 is 0.577 bits per heavy atom. The van der Waals surface area contributed by atoms with Gasteiger partial charge in [0, 0.05) is 32.0 Å². The number of hydrogen-bond donors (Lipinski definition) is 5. The molecule has 0 radical (unpaired) electrons. The van der Waals surface area contributed by atoms with E-state index in [2.05, 4.69) is 49.4 Å². The standard InChI is InChI=1S/C32H22N6O11S3/c39-28-15-4-18-2-1-3-30(51-49-47-42)31(18)32(28)38-37-27-12-7-20(16-29(27)40)34-36-26-14-13-25(23-11-10-22(17-24(23)26)52(43,44)45)35-33-19-5-8-21(9-6-19)50-48-46-41/h1-17,39-42H,(H,43,44,45). The summed E-state index contributed by atoms with van der Waals surface area (Å²) in [7, 11) is -4.57. The van der Waals surface area contributed by atoms with E-state index in [-0.39, 0.29) is 44.5 Å². The molecule has 6 aromatic carbocycles. The quantitative estimate of drug-likeness (QED) is 0.0242. The molecule has 0 saturated carbocycles. The minimum atomic E-state index is -4.57. The summed E-state index contributed by atoms with van der Waals surface area (Å²) in [5.74, 6) is -0.521. The van der Waals surface area contributed by atoms with Crippen molar-refractivity contribution in [3.63, 3.8) is 0 Å². The predicted octanol–water partition coefficient (Wildman–Crippen LogP) is 10.8. The first kappa shape index (κ1) is 36.4. The summed E-state index contributed by atoms with van der Waals surface area (Å²) in [6, 6.07) is 26.1. The molecule has 0 atom stereocenters. The number of nitrogens with zero attached hydrogens (tertiary/aromatic N) is 6. The lowest BCUT2D eigenvalue weighted by molar-refractivity contribution is -0.432. The Morgan fingerprint density at radius 3 is 1.94 bits per heavy atom. The van der Waals surface area contributed by atoms with Gasteiger partial charge in [-0.25, -0.2) is 10.5 Å². The summed E-state index contributed by atoms with van der Waals surface area (Å²) in [5, 5.41) is 72.5. The Bertz CT molecular complexity index is 2470. The average Bonchev–Trinajstić information content (AvgIpc) is 3.14. The van der Waals surface area contributed by atoms with Gasteiger partial charge in [-0.1, -0.05) is 34.3 Å². The number of fused-ring (bicyclic) bond motifs is 2. The largest absolute Gasteiger partial charge is 0.506 e. The third-order valence-corrected chi connectivity index (χ3v) is 9.21. The van der Waals surface area contributed by atoms with Crippen LogP contribution in [-0.4, -0.2) is 33.7 Å². The minimum Gasteiger partial charge on any atom is -0.506 e. The van der Waals surface area contributed by atoms with Crippen LogP contribution in [0.3, 0.4) is 0 Å². The fraction of sp³-hybridized carbons (Fsp3) is 0. The first-order chi connectivity index (χ1) is 25.1. The fourth-order valence-electron chi connectivity index (χ4n) is 4.78. The molecule has 264 valence electrons. The van der Waals surface area contributed by atoms with Crippen molar-refractivity contribution in [2.24, 2.45) is 30.7 Å². The van der Waals surface area contributed by atoms with Gasteiger partial charge in [0.1, 0.15) is 22.9 Å². The molecular formula is C32H22N6O11S3. The van der Waals surface area contributed by atoms with E-state index in [1.165, 1.54) is 48.5 Å². The zero-order chi connectivity index (χ0) is 36.7. The summed E-state index contributed by atoms with van der Waals surface area (Å²) in [6.45, 7) is 0. The van der Waals surface area contributed by atoms with Crippen LogP contribution in [-0.2, 0) is 28.9 Å². The molecule has 52 heavy (non-hydrogen) atoms. The number of hydrogen-bond acceptors (Lipinski definition) is 18. The molecule has 0 aliphatic carbocycles. The molecule has 0 aliphatic heterocycles. The maximum atomic E-state index is 12.0. The van der Waals surface area contributed by atoms with Crippen LogP contribution in [0.2, 0.25) is 0 Å². The lowest BCUT2D eigenvalue weighted by atomic mass is 10.1. The maximum Gasteiger partial charge on any atom is 0.294 e. The molecule has 0 unspecified atom stereocenters. The smallest absolute Gasteiger partial charge is 0.294 e. The number of aromatic hydroxyl groups is 2. The molecule has 0 aliphatic rings. The summed E-state index contributed by atoms with van der Waals surface area (Å²) in [6.07, 6.45) is 0. The molecule has 17 nitrogen and oxygen atoms in total. The van der Waals surface area contributed by atoms with Gasteiger partial charge in [-0.15, -0.1) is 29.1 Å². The second-order valence-electron chi connectivity index (χ2n) is 10.3. The van der Waals surface area contributed by atoms with E-state index in [1.54, 1.807) is 54.6 Å². The number of azo groups is 3. The van der Waals surface area contributed by atoms with Gasteiger partial charge in [-0.05, 0) is 78.2 Å². The van der Waals surface area contributed by atoms with Gasteiger partial charge in [0.2, 0.25) is 0 Å². The molecule has 0 aromatic heterocycles. The summed E-state index contributed by atoms with van der Waals surface area (Å²) < 4.78 is 42.6. The molecular weight excluding hydrogens is 741 g/mol. The monoisotopic (exact) mass is 762 g/mol. The number of benzene rings is 6. The van der Waals surface area contributed by atoms with E-state index in [9.17, 15) is 23.2 Å². The van der Waals surface area contributed by atoms with Crippen molar-refractivity contribution in [2.45, 2.75) is 14.7 Å². The number of phenolic OH excluding ortho intramolecular Hbond substituents is 2. The highest BCUT2D eigenvalue weighted by Crippen LogP contribution is 2.43. The average molecular weight is 763 g/mol. The van der Waals surface area contributed by atoms with Gasteiger partial charge < -0.3 is 10.2 Å². The van der Waals surface area contributed by atoms with Crippen molar-refractivity contribution in [1.29, 1.82) is 0 Å². The van der Waals surface area contributed by atoms with Gasteiger partial charge in [-0.2, -0.15) is 18.6 Å². The SMILES string of the molecule is O=S(=O)(O)c1ccc2c(N=Nc3ccc(SOOO)cc3)ccc(N=Nc3ccc(N=Nc4c(O)ccc5cccc(SOOO)c45)c(O)c3)c2c1. The highest BCUT2D eigenvalue weighted by molar-refractivity contribution is 7.95. The van der Waals surface area contributed by atoms with Gasteiger partial charge >= 0.3 is 0 Å². The molecule has 0 saturated heterocycles. The van der Waals surface area contributed by atoms with Crippen molar-refractivity contribution in [1.82, 2.24) is 0 Å². The molecule has 0 spiro atoms. The molecule has 0 bridgehead atoms. The van der Waals surface area contributed by atoms with Crippen LogP contribution in [0.25, 0.3) is 21.5 Å². The number of rotatable bonds is 13. The van der Waals surface area contributed by atoms with E-state index in [0.717, 1.165) is 12.0 Å². The zero-order valence-corrected chi connectivity index (χ0v) is 28.4. The Labute approximate surface area is 301 Å². The van der Waals surface area contributed by atoms with Crippen LogP contribution in [0, 0.1) is 0 Å². The van der Waals surface area contributed by atoms with E-state index in [4.69, 9.17) is 10.5 Å². The fourth-order valence-corrected chi connectivity index (χ4v) is 6.18. The topological polar surface area (TPSA) is 246 Å². The van der Waals surface area contributed by atoms with Crippen LogP contribution >= 0.6 is 24.1 Å². The second kappa shape index (κ2) is 16.3. The van der Waals surface area contributed by atoms with Crippen LogP contribution in [0.1, 0.15) is 0 Å². The first-order valence-corrected chi connectivity index (χ1v) is 17.3. The molecule has 0 amide bonds. The maximum absolute atomic E-state index is 12.0. The first-order valence-electron chi connectivity index (χ1n) is 14.4. The normalized spacial score (nSPS) is 12.3. The summed E-state index contributed by atoms with van der Waals surface area (Å²) in [4.78, 5) is 0.697. The summed E-state index contributed by atoms with van der Waals surface area (Å²) in [5.41, 5.74) is 1.35. The van der Waals surface area contributed by atoms with Crippen LogP contribution in [0.15, 0.2) is 149 Å². The van der Waals surface area contributed by atoms with Crippen LogP contribution in [0.4, 0.5) is 34.1 Å². The van der Waals surface area contributed by atoms with Crippen molar-refractivity contribution in [2.75, 3.05) is 0 Å². The van der Waals surface area contributed by atoms with Gasteiger partial charge in [0.05, 0.1) is 51.7 Å². The van der Waals surface area contributed by atoms with Crippen molar-refractivity contribution in [3.8, 4) is 11.5 Å². The Hall–Kier alpha value is -5.39. The lowest BCUT2D eigenvalue weighted by Gasteiger charge is -2.08. The van der Waals surface area contributed by atoms with Crippen molar-refractivity contribution < 1.29 is 52.4 Å². The van der Waals surface area contributed by atoms with E-state index < -0.39 is 10.1 Å². The summed E-state index contributed by atoms with van der Waals surface area (Å²) >= 11 is 1.47. The van der Waals surface area contributed by atoms with Crippen LogP contribution in [0.5, 0.6) is 11.5 Å². The third kappa shape index (κ3) is 8.55. The molecule has 20 heteroatoms.